The van der Waals surface area contributed by atoms with Gasteiger partial charge in [-0.05, 0) is 0 Å². The Hall–Kier alpha value is -1.64. The van der Waals surface area contributed by atoms with Crippen molar-refractivity contribution in [1.29, 1.82) is 0 Å². The van der Waals surface area contributed by atoms with Crippen molar-refractivity contribution >= 4 is 27.7 Å². The number of hydrogen-bond donors (Lipinski definition) is 1. The van der Waals surface area contributed by atoms with Gasteiger partial charge in [0.05, 0.1) is 11.5 Å². The van der Waals surface area contributed by atoms with Crippen molar-refractivity contribution in [2.75, 3.05) is 54.2 Å². The van der Waals surface area contributed by atoms with E-state index in [1.54, 1.807) is 19.0 Å². The molecule has 0 radical (unpaired) electrons. The average Bonchev–Trinajstić information content (AvgIpc) is 2.28. The number of rotatable bonds is 2. The molecule has 0 aromatic carbocycles. The van der Waals surface area contributed by atoms with Crippen molar-refractivity contribution < 1.29 is 8.42 Å². The highest BCUT2D eigenvalue weighted by molar-refractivity contribution is 7.91. The summed E-state index contributed by atoms with van der Waals surface area (Å²) in [5.74, 6) is 1.27. The highest BCUT2D eigenvalue weighted by Crippen LogP contribution is 2.16. The molecule has 100 valence electrons. The zero-order valence-electron chi connectivity index (χ0n) is 10.4. The predicted molar refractivity (Wildman–Crippen MR) is 69.4 cm³/mol. The van der Waals surface area contributed by atoms with Crippen LogP contribution in [0.25, 0.3) is 0 Å². The molecule has 0 amide bonds. The van der Waals surface area contributed by atoms with E-state index in [1.807, 2.05) is 4.90 Å². The van der Waals surface area contributed by atoms with Crippen LogP contribution in [0.15, 0.2) is 0 Å². The Morgan fingerprint density at radius 1 is 1.17 bits per heavy atom. The molecule has 2 N–H and O–H groups in total. The quantitative estimate of drug-likeness (QED) is 0.712. The van der Waals surface area contributed by atoms with E-state index in [2.05, 4.69) is 15.0 Å². The van der Waals surface area contributed by atoms with Gasteiger partial charge >= 0.3 is 0 Å². The molecule has 9 heteroatoms. The van der Waals surface area contributed by atoms with E-state index < -0.39 is 9.84 Å². The van der Waals surface area contributed by atoms with Gasteiger partial charge in [0.1, 0.15) is 0 Å². The normalized spacial score (nSPS) is 18.7. The van der Waals surface area contributed by atoms with Gasteiger partial charge in [0, 0.05) is 27.2 Å². The number of nitrogens with two attached hydrogens (primary N) is 1. The highest BCUT2D eigenvalue weighted by Gasteiger charge is 2.24. The molecule has 1 aliphatic heterocycles. The molecule has 1 fully saturated rings. The molecule has 0 bridgehead atoms. The molecule has 2 heterocycles. The van der Waals surface area contributed by atoms with Gasteiger partial charge in [-0.1, -0.05) is 0 Å². The molecule has 1 saturated heterocycles. The van der Waals surface area contributed by atoms with Crippen molar-refractivity contribution in [3.05, 3.63) is 0 Å². The number of anilines is 3. The topological polar surface area (TPSA) is 105 Å². The van der Waals surface area contributed by atoms with Crippen LogP contribution in [0.4, 0.5) is 17.8 Å². The Morgan fingerprint density at radius 2 is 1.78 bits per heavy atom. The fraction of sp³-hybridized carbons (Fsp3) is 0.667. The van der Waals surface area contributed by atoms with Crippen LogP contribution in [-0.2, 0) is 9.84 Å². The molecule has 1 aromatic heterocycles. The van der Waals surface area contributed by atoms with Crippen LogP contribution in [0.3, 0.4) is 0 Å². The van der Waals surface area contributed by atoms with Crippen LogP contribution in [-0.4, -0.2) is 62.1 Å². The summed E-state index contributed by atoms with van der Waals surface area (Å²) in [6.45, 7) is 0.775. The number of hydrogen-bond acceptors (Lipinski definition) is 8. The molecule has 1 aliphatic rings. The van der Waals surface area contributed by atoms with Crippen LogP contribution in [0.1, 0.15) is 0 Å². The molecule has 2 rings (SSSR count). The third-order valence-corrected chi connectivity index (χ3v) is 4.27. The maximum Gasteiger partial charge on any atom is 0.232 e. The van der Waals surface area contributed by atoms with Crippen molar-refractivity contribution in [1.82, 2.24) is 15.0 Å². The van der Waals surface area contributed by atoms with E-state index in [1.165, 1.54) is 0 Å². The molecule has 0 unspecified atom stereocenters. The van der Waals surface area contributed by atoms with E-state index >= 15 is 0 Å². The molecule has 18 heavy (non-hydrogen) atoms. The lowest BCUT2D eigenvalue weighted by Crippen LogP contribution is -2.41. The van der Waals surface area contributed by atoms with E-state index in [4.69, 9.17) is 5.73 Å². The third kappa shape index (κ3) is 2.78. The Kier molecular flexibility index (Phi) is 3.24. The van der Waals surface area contributed by atoms with Gasteiger partial charge in [-0.3, -0.25) is 0 Å². The van der Waals surface area contributed by atoms with Crippen molar-refractivity contribution in [3.63, 3.8) is 0 Å². The average molecular weight is 272 g/mol. The van der Waals surface area contributed by atoms with Crippen LogP contribution in [0.5, 0.6) is 0 Å². The van der Waals surface area contributed by atoms with Crippen molar-refractivity contribution in [2.45, 2.75) is 0 Å². The zero-order valence-corrected chi connectivity index (χ0v) is 11.2. The third-order valence-electron chi connectivity index (χ3n) is 2.66. The smallest absolute Gasteiger partial charge is 0.232 e. The maximum atomic E-state index is 11.4. The first kappa shape index (κ1) is 12.8. The summed E-state index contributed by atoms with van der Waals surface area (Å²) in [6.07, 6.45) is 0. The SMILES string of the molecule is CN(C)c1nc(N)nc(N2CCS(=O)(=O)CC2)n1. The minimum atomic E-state index is -2.91. The standard InChI is InChI=1S/C9H16N6O2S/c1-14(2)8-11-7(10)12-9(13-8)15-3-5-18(16,17)6-4-15/h3-6H2,1-2H3,(H2,10,11,12,13). The van der Waals surface area contributed by atoms with Crippen molar-refractivity contribution in [2.24, 2.45) is 0 Å². The van der Waals surface area contributed by atoms with Gasteiger partial charge in [0.2, 0.25) is 17.8 Å². The summed E-state index contributed by atoms with van der Waals surface area (Å²) < 4.78 is 22.7. The second-order valence-electron chi connectivity index (χ2n) is 4.33. The van der Waals surface area contributed by atoms with Crippen LogP contribution in [0, 0.1) is 0 Å². The van der Waals surface area contributed by atoms with Gasteiger partial charge < -0.3 is 15.5 Å². The Morgan fingerprint density at radius 3 is 2.33 bits per heavy atom. The molecule has 0 saturated carbocycles. The number of sulfone groups is 1. The van der Waals surface area contributed by atoms with Crippen LogP contribution in [0.2, 0.25) is 0 Å². The molecule has 8 nitrogen and oxygen atoms in total. The highest BCUT2D eigenvalue weighted by atomic mass is 32.2. The second-order valence-corrected chi connectivity index (χ2v) is 6.63. The lowest BCUT2D eigenvalue weighted by molar-refractivity contribution is 0.585. The largest absolute Gasteiger partial charge is 0.368 e. The first-order valence-corrected chi connectivity index (χ1v) is 7.34. The molecule has 0 atom stereocenters. The fourth-order valence-corrected chi connectivity index (χ4v) is 2.82. The minimum absolute atomic E-state index is 0.121. The Bertz CT molecular complexity index is 530. The Balaban J connectivity index is 2.24. The van der Waals surface area contributed by atoms with Gasteiger partial charge in [-0.15, -0.1) is 0 Å². The van der Waals surface area contributed by atoms with Crippen LogP contribution >= 0.6 is 0 Å². The summed E-state index contributed by atoms with van der Waals surface area (Å²) in [7, 11) is 0.695. The van der Waals surface area contributed by atoms with Gasteiger partial charge in [0.15, 0.2) is 9.84 Å². The minimum Gasteiger partial charge on any atom is -0.368 e. The number of nitrogen functional groups attached to an aromatic ring is 1. The van der Waals surface area contributed by atoms with Gasteiger partial charge in [-0.2, -0.15) is 15.0 Å². The zero-order chi connectivity index (χ0) is 13.3. The Labute approximate surface area is 106 Å². The summed E-state index contributed by atoms with van der Waals surface area (Å²) in [4.78, 5) is 15.8. The lowest BCUT2D eigenvalue weighted by atomic mass is 10.5. The van der Waals surface area contributed by atoms with E-state index in [0.29, 0.717) is 25.0 Å². The van der Waals surface area contributed by atoms with E-state index in [0.717, 1.165) is 0 Å². The lowest BCUT2D eigenvalue weighted by Gasteiger charge is -2.27. The number of nitrogens with zero attached hydrogens (tertiary/aromatic N) is 5. The van der Waals surface area contributed by atoms with E-state index in [9.17, 15) is 8.42 Å². The molecule has 0 aliphatic carbocycles. The molecular weight excluding hydrogens is 256 g/mol. The molecule has 1 aromatic rings. The van der Waals surface area contributed by atoms with Gasteiger partial charge in [-0.25, -0.2) is 8.42 Å². The summed E-state index contributed by atoms with van der Waals surface area (Å²) in [6, 6.07) is 0. The first-order chi connectivity index (χ1) is 8.37. The van der Waals surface area contributed by atoms with Crippen LogP contribution < -0.4 is 15.5 Å². The summed E-state index contributed by atoms with van der Waals surface area (Å²) in [5, 5.41) is 0. The second kappa shape index (κ2) is 4.56. The van der Waals surface area contributed by atoms with E-state index in [-0.39, 0.29) is 17.5 Å². The monoisotopic (exact) mass is 272 g/mol. The number of aromatic nitrogens is 3. The van der Waals surface area contributed by atoms with Crippen molar-refractivity contribution in [3.8, 4) is 0 Å². The molecule has 0 spiro atoms. The summed E-state index contributed by atoms with van der Waals surface area (Å²) in [5.41, 5.74) is 5.62. The summed E-state index contributed by atoms with van der Waals surface area (Å²) >= 11 is 0. The maximum absolute atomic E-state index is 11.4. The first-order valence-electron chi connectivity index (χ1n) is 5.52. The predicted octanol–water partition coefficient (Wildman–Crippen LogP) is -1.25. The fourth-order valence-electron chi connectivity index (χ4n) is 1.62. The molecular formula is C9H16N6O2S. The van der Waals surface area contributed by atoms with Gasteiger partial charge in [0.25, 0.3) is 0 Å².